The molecule has 0 aliphatic heterocycles. The lowest BCUT2D eigenvalue weighted by molar-refractivity contribution is 0.492. The molecule has 5 nitrogen and oxygen atoms in total. The highest BCUT2D eigenvalue weighted by Crippen LogP contribution is 2.47. The topological polar surface area (TPSA) is 95.8 Å². The molecule has 7 heteroatoms. The quantitative estimate of drug-likeness (QED) is 0.386. The Labute approximate surface area is 143 Å². The maximum Gasteiger partial charge on any atom is 0.189 e. The first kappa shape index (κ1) is 15.8. The van der Waals surface area contributed by atoms with Crippen LogP contribution < -0.4 is 10.5 Å². The molecular formula is C16H16N4OS2. The SMILES string of the molecule is Cc1sc(Oc2ccc(C(=N)N)nc2)c2c1CCC(C=N)=C2S. The number of nitrogen functional groups attached to an aromatic ring is 1. The van der Waals surface area contributed by atoms with E-state index in [0.717, 1.165) is 33.9 Å². The maximum absolute atomic E-state index is 7.52. The van der Waals surface area contributed by atoms with Gasteiger partial charge in [0.25, 0.3) is 0 Å². The molecular weight excluding hydrogens is 328 g/mol. The molecule has 1 aliphatic carbocycles. The van der Waals surface area contributed by atoms with E-state index in [1.807, 2.05) is 0 Å². The molecule has 0 bridgehead atoms. The van der Waals surface area contributed by atoms with Crippen LogP contribution in [0.25, 0.3) is 4.91 Å². The minimum Gasteiger partial charge on any atom is -0.444 e. The third kappa shape index (κ3) is 2.89. The molecule has 2 heterocycles. The number of aromatic nitrogens is 1. The van der Waals surface area contributed by atoms with Crippen LogP contribution in [0, 0.1) is 17.7 Å². The molecule has 0 spiro atoms. The number of pyridine rings is 1. The van der Waals surface area contributed by atoms with E-state index in [9.17, 15) is 0 Å². The van der Waals surface area contributed by atoms with E-state index >= 15 is 0 Å². The van der Waals surface area contributed by atoms with Crippen LogP contribution in [0.3, 0.4) is 0 Å². The number of thiol groups is 1. The molecule has 0 unspecified atom stereocenters. The summed E-state index contributed by atoms with van der Waals surface area (Å²) in [6.07, 6.45) is 4.66. The van der Waals surface area contributed by atoms with Gasteiger partial charge in [0.2, 0.25) is 0 Å². The van der Waals surface area contributed by atoms with E-state index in [0.29, 0.717) is 11.4 Å². The molecule has 4 N–H and O–H groups in total. The van der Waals surface area contributed by atoms with Crippen LogP contribution in [0.4, 0.5) is 0 Å². The molecule has 0 saturated heterocycles. The van der Waals surface area contributed by atoms with Crippen molar-refractivity contribution in [2.45, 2.75) is 19.8 Å². The van der Waals surface area contributed by atoms with Crippen LogP contribution in [-0.2, 0) is 6.42 Å². The fourth-order valence-electron chi connectivity index (χ4n) is 2.55. The zero-order valence-electron chi connectivity index (χ0n) is 12.5. The standard InChI is InChI=1S/C16H16N4OS2/c1-8-11-4-2-9(6-17)14(22)13(11)16(23-8)21-10-3-5-12(15(18)19)20-7-10/h3,5-7,17,22H,2,4H2,1H3,(H3,18,19). The van der Waals surface area contributed by atoms with Crippen LogP contribution in [0.15, 0.2) is 23.9 Å². The Morgan fingerprint density at radius 2 is 2.22 bits per heavy atom. The van der Waals surface area contributed by atoms with Gasteiger partial charge < -0.3 is 15.9 Å². The predicted molar refractivity (Wildman–Crippen MR) is 97.4 cm³/mol. The highest BCUT2D eigenvalue weighted by atomic mass is 32.1. The summed E-state index contributed by atoms with van der Waals surface area (Å²) in [4.78, 5) is 6.13. The third-order valence-electron chi connectivity index (χ3n) is 3.76. The second-order valence-electron chi connectivity index (χ2n) is 5.21. The summed E-state index contributed by atoms with van der Waals surface area (Å²) in [5, 5.41) is 15.6. The number of rotatable bonds is 4. The summed E-state index contributed by atoms with van der Waals surface area (Å²) in [6.45, 7) is 2.07. The van der Waals surface area contributed by atoms with Gasteiger partial charge in [-0.25, -0.2) is 4.98 Å². The third-order valence-corrected chi connectivity index (χ3v) is 5.30. The van der Waals surface area contributed by atoms with Crippen LogP contribution in [-0.4, -0.2) is 17.0 Å². The first-order valence-electron chi connectivity index (χ1n) is 7.04. The Morgan fingerprint density at radius 3 is 2.83 bits per heavy atom. The number of hydrogen-bond donors (Lipinski definition) is 4. The summed E-state index contributed by atoms with van der Waals surface area (Å²) in [7, 11) is 0. The van der Waals surface area contributed by atoms with Gasteiger partial charge in [0.05, 0.1) is 6.20 Å². The minimum absolute atomic E-state index is 0.0721. The fraction of sp³-hybridized carbons (Fsp3) is 0.188. The van der Waals surface area contributed by atoms with E-state index < -0.39 is 0 Å². The first-order chi connectivity index (χ1) is 11.0. The Morgan fingerprint density at radius 1 is 1.43 bits per heavy atom. The van der Waals surface area contributed by atoms with Gasteiger partial charge >= 0.3 is 0 Å². The van der Waals surface area contributed by atoms with Gasteiger partial charge in [-0.15, -0.1) is 24.0 Å². The van der Waals surface area contributed by atoms with Gasteiger partial charge in [-0.1, -0.05) is 0 Å². The smallest absolute Gasteiger partial charge is 0.189 e. The van der Waals surface area contributed by atoms with Gasteiger partial charge in [-0.3, -0.25) is 5.41 Å². The second-order valence-corrected chi connectivity index (χ2v) is 6.85. The second kappa shape index (κ2) is 6.17. The Balaban J connectivity index is 1.98. The van der Waals surface area contributed by atoms with Gasteiger partial charge in [0.15, 0.2) is 5.06 Å². The monoisotopic (exact) mass is 344 g/mol. The van der Waals surface area contributed by atoms with Crippen molar-refractivity contribution in [2.75, 3.05) is 0 Å². The molecule has 0 atom stereocenters. The molecule has 2 aromatic heterocycles. The van der Waals surface area contributed by atoms with Crippen molar-refractivity contribution in [3.05, 3.63) is 45.6 Å². The van der Waals surface area contributed by atoms with Crippen molar-refractivity contribution in [2.24, 2.45) is 5.73 Å². The van der Waals surface area contributed by atoms with Gasteiger partial charge in [0, 0.05) is 21.6 Å². The molecule has 0 radical (unpaired) electrons. The van der Waals surface area contributed by atoms with Gasteiger partial charge in [0.1, 0.15) is 17.3 Å². The van der Waals surface area contributed by atoms with Crippen LogP contribution in [0.1, 0.15) is 28.1 Å². The average Bonchev–Trinajstić information content (AvgIpc) is 2.85. The largest absolute Gasteiger partial charge is 0.444 e. The number of nitrogens with zero attached hydrogens (tertiary/aromatic N) is 1. The summed E-state index contributed by atoms with van der Waals surface area (Å²) in [6, 6.07) is 3.40. The average molecular weight is 344 g/mol. The van der Waals surface area contributed by atoms with Crippen molar-refractivity contribution >= 4 is 40.9 Å². The van der Waals surface area contributed by atoms with Crippen molar-refractivity contribution in [1.82, 2.24) is 4.98 Å². The van der Waals surface area contributed by atoms with E-state index in [1.54, 1.807) is 29.7 Å². The molecule has 2 aromatic rings. The Bertz CT molecular complexity index is 821. The number of hydrogen-bond acceptors (Lipinski definition) is 6. The van der Waals surface area contributed by atoms with Crippen molar-refractivity contribution < 1.29 is 4.74 Å². The minimum atomic E-state index is -0.0721. The number of ether oxygens (including phenoxy) is 1. The summed E-state index contributed by atoms with van der Waals surface area (Å²) < 4.78 is 5.98. The number of nitrogens with one attached hydrogen (secondary N) is 2. The van der Waals surface area contributed by atoms with E-state index in [1.165, 1.54) is 16.7 Å². The normalized spacial score (nSPS) is 13.7. The number of fused-ring (bicyclic) bond motifs is 1. The highest BCUT2D eigenvalue weighted by molar-refractivity contribution is 7.90. The van der Waals surface area contributed by atoms with Crippen LogP contribution in [0.5, 0.6) is 10.8 Å². The molecule has 0 fully saturated rings. The molecule has 1 aliphatic rings. The molecule has 0 saturated carbocycles. The predicted octanol–water partition coefficient (Wildman–Crippen LogP) is 3.76. The van der Waals surface area contributed by atoms with Crippen molar-refractivity contribution in [1.29, 1.82) is 10.8 Å². The Hall–Kier alpha value is -2.12. The first-order valence-corrected chi connectivity index (χ1v) is 8.31. The van der Waals surface area contributed by atoms with E-state index in [-0.39, 0.29) is 5.84 Å². The number of nitrogens with two attached hydrogens (primary N) is 1. The van der Waals surface area contributed by atoms with E-state index in [2.05, 4.69) is 24.5 Å². The summed E-state index contributed by atoms with van der Waals surface area (Å²) in [5.74, 6) is 0.513. The fourth-order valence-corrected chi connectivity index (χ4v) is 4.11. The van der Waals surface area contributed by atoms with Crippen LogP contribution >= 0.6 is 24.0 Å². The number of aryl methyl sites for hydroxylation is 1. The lowest BCUT2D eigenvalue weighted by Crippen LogP contribution is -2.12. The zero-order chi connectivity index (χ0) is 16.6. The lowest BCUT2D eigenvalue weighted by atomic mass is 9.94. The number of allylic oxidation sites excluding steroid dienone is 1. The van der Waals surface area contributed by atoms with Crippen molar-refractivity contribution in [3.8, 4) is 10.8 Å². The summed E-state index contributed by atoms with van der Waals surface area (Å²) in [5.41, 5.74) is 8.97. The molecule has 3 rings (SSSR count). The molecule has 0 amide bonds. The van der Waals surface area contributed by atoms with Crippen molar-refractivity contribution in [3.63, 3.8) is 0 Å². The summed E-state index contributed by atoms with van der Waals surface area (Å²) >= 11 is 6.18. The molecule has 23 heavy (non-hydrogen) atoms. The number of amidine groups is 1. The lowest BCUT2D eigenvalue weighted by Gasteiger charge is -2.16. The number of thiophene rings is 1. The molecule has 0 aromatic carbocycles. The molecule has 118 valence electrons. The zero-order valence-corrected chi connectivity index (χ0v) is 14.2. The van der Waals surface area contributed by atoms with Gasteiger partial charge in [-0.2, -0.15) is 0 Å². The highest BCUT2D eigenvalue weighted by Gasteiger charge is 2.25. The Kier molecular flexibility index (Phi) is 4.23. The maximum atomic E-state index is 7.52. The van der Waals surface area contributed by atoms with Gasteiger partial charge in [-0.05, 0) is 43.0 Å². The van der Waals surface area contributed by atoms with E-state index in [4.69, 9.17) is 21.3 Å². The van der Waals surface area contributed by atoms with Crippen LogP contribution in [0.2, 0.25) is 0 Å².